The van der Waals surface area contributed by atoms with Crippen molar-refractivity contribution in [2.45, 2.75) is 13.3 Å². The van der Waals surface area contributed by atoms with Crippen molar-refractivity contribution in [2.24, 2.45) is 10.8 Å². The third kappa shape index (κ3) is 4.59. The molecule has 0 heterocycles. The monoisotopic (exact) mass is 299 g/mol. The van der Waals surface area contributed by atoms with Crippen LogP contribution >= 0.6 is 0 Å². The average molecular weight is 299 g/mol. The minimum atomic E-state index is -0.497. The van der Waals surface area contributed by atoms with Crippen LogP contribution in [0.2, 0.25) is 0 Å². The molecule has 0 aliphatic carbocycles. The van der Waals surface area contributed by atoms with Crippen molar-refractivity contribution in [3.8, 4) is 5.75 Å². The van der Waals surface area contributed by atoms with Crippen LogP contribution in [0.3, 0.4) is 0 Å². The number of ether oxygens (including phenoxy) is 1. The van der Waals surface area contributed by atoms with Gasteiger partial charge in [-0.25, -0.2) is 5.43 Å². The lowest BCUT2D eigenvalue weighted by atomic mass is 10.1. The first-order valence-electron chi connectivity index (χ1n) is 6.76. The maximum absolute atomic E-state index is 11.6. The number of rotatable bonds is 6. The van der Waals surface area contributed by atoms with E-state index in [1.165, 1.54) is 0 Å². The van der Waals surface area contributed by atoms with E-state index in [-0.39, 0.29) is 13.0 Å². The van der Waals surface area contributed by atoms with Crippen LogP contribution in [0.5, 0.6) is 5.75 Å². The average Bonchev–Trinajstić information content (AvgIpc) is 2.50. The molecule has 22 heavy (non-hydrogen) atoms. The van der Waals surface area contributed by atoms with E-state index in [0.29, 0.717) is 11.5 Å². The molecule has 0 bridgehead atoms. The van der Waals surface area contributed by atoms with Gasteiger partial charge >= 0.3 is 0 Å². The van der Waals surface area contributed by atoms with Gasteiger partial charge in [0.25, 0.3) is 5.91 Å². The van der Waals surface area contributed by atoms with E-state index >= 15 is 0 Å². The Morgan fingerprint density at radius 3 is 2.64 bits per heavy atom. The second-order valence-electron chi connectivity index (χ2n) is 4.82. The molecular formula is C16H17N3O3. The molecule has 0 spiro atoms. The Bertz CT molecular complexity index is 725. The third-order valence-electron chi connectivity index (χ3n) is 2.89. The number of fused-ring (bicyclic) bond motifs is 1. The molecule has 2 aromatic rings. The summed E-state index contributed by atoms with van der Waals surface area (Å²) in [5.74, 6) is -0.299. The van der Waals surface area contributed by atoms with Gasteiger partial charge in [0.2, 0.25) is 5.91 Å². The summed E-state index contributed by atoms with van der Waals surface area (Å²) >= 11 is 0. The quantitative estimate of drug-likeness (QED) is 0.626. The molecule has 2 rings (SSSR count). The van der Waals surface area contributed by atoms with E-state index in [2.05, 4.69) is 10.5 Å². The summed E-state index contributed by atoms with van der Waals surface area (Å²) in [7, 11) is 0. The van der Waals surface area contributed by atoms with Crippen molar-refractivity contribution in [1.82, 2.24) is 5.43 Å². The number of benzene rings is 2. The van der Waals surface area contributed by atoms with E-state index in [9.17, 15) is 9.59 Å². The predicted octanol–water partition coefficient (Wildman–Crippen LogP) is 1.59. The van der Waals surface area contributed by atoms with Gasteiger partial charge in [0.05, 0.1) is 6.42 Å². The van der Waals surface area contributed by atoms with Crippen LogP contribution in [-0.4, -0.2) is 24.1 Å². The Hall–Kier alpha value is -2.89. The molecular weight excluding hydrogens is 282 g/mol. The lowest BCUT2D eigenvalue weighted by Crippen LogP contribution is -2.26. The Labute approximate surface area is 127 Å². The molecule has 3 N–H and O–H groups in total. The number of hydrogen-bond donors (Lipinski definition) is 2. The SMILES string of the molecule is C/C(CC(N)=O)=N\NC(=O)COc1ccc2ccccc2c1. The summed E-state index contributed by atoms with van der Waals surface area (Å²) in [6.07, 6.45) is 0.00577. The van der Waals surface area contributed by atoms with Gasteiger partial charge in [-0.05, 0) is 29.8 Å². The highest BCUT2D eigenvalue weighted by Gasteiger charge is 2.04. The molecule has 0 aliphatic rings. The standard InChI is InChI=1S/C16H17N3O3/c1-11(8-15(17)20)18-19-16(21)10-22-14-7-6-12-4-2-3-5-13(12)9-14/h2-7,9H,8,10H2,1H3,(H2,17,20)(H,19,21)/b18-11+. The van der Waals surface area contributed by atoms with Gasteiger partial charge < -0.3 is 10.5 Å². The second kappa shape index (κ2) is 7.21. The number of nitrogens with one attached hydrogen (secondary N) is 1. The van der Waals surface area contributed by atoms with E-state index < -0.39 is 11.8 Å². The zero-order valence-electron chi connectivity index (χ0n) is 12.2. The first kappa shape index (κ1) is 15.5. The number of nitrogens with zero attached hydrogens (tertiary/aromatic N) is 1. The Kier molecular flexibility index (Phi) is 5.08. The molecule has 0 saturated heterocycles. The highest BCUT2D eigenvalue weighted by molar-refractivity contribution is 5.99. The molecule has 6 heteroatoms. The highest BCUT2D eigenvalue weighted by atomic mass is 16.5. The molecule has 0 radical (unpaired) electrons. The lowest BCUT2D eigenvalue weighted by molar-refractivity contribution is -0.123. The minimum absolute atomic E-state index is 0.00577. The van der Waals surface area contributed by atoms with Gasteiger partial charge in [0.15, 0.2) is 6.61 Å². The first-order valence-corrected chi connectivity index (χ1v) is 6.76. The van der Waals surface area contributed by atoms with Crippen molar-refractivity contribution in [1.29, 1.82) is 0 Å². The summed E-state index contributed by atoms with van der Waals surface area (Å²) in [5, 5.41) is 5.90. The highest BCUT2D eigenvalue weighted by Crippen LogP contribution is 2.20. The van der Waals surface area contributed by atoms with Crippen molar-refractivity contribution in [2.75, 3.05) is 6.61 Å². The topological polar surface area (TPSA) is 93.8 Å². The maximum Gasteiger partial charge on any atom is 0.277 e. The Morgan fingerprint density at radius 1 is 1.18 bits per heavy atom. The fourth-order valence-electron chi connectivity index (χ4n) is 1.89. The Morgan fingerprint density at radius 2 is 1.91 bits per heavy atom. The van der Waals surface area contributed by atoms with Crippen LogP contribution in [0.15, 0.2) is 47.6 Å². The summed E-state index contributed by atoms with van der Waals surface area (Å²) in [5.41, 5.74) is 7.77. The van der Waals surface area contributed by atoms with Crippen molar-refractivity contribution in [3.05, 3.63) is 42.5 Å². The molecule has 6 nitrogen and oxygen atoms in total. The Balaban J connectivity index is 1.88. The number of carbonyl (C=O) groups excluding carboxylic acids is 2. The van der Waals surface area contributed by atoms with Crippen LogP contribution in [0.4, 0.5) is 0 Å². The number of amides is 2. The van der Waals surface area contributed by atoms with E-state index in [0.717, 1.165) is 10.8 Å². The van der Waals surface area contributed by atoms with Gasteiger partial charge in [-0.3, -0.25) is 9.59 Å². The normalized spacial score (nSPS) is 11.2. The van der Waals surface area contributed by atoms with Crippen molar-refractivity contribution in [3.63, 3.8) is 0 Å². The zero-order chi connectivity index (χ0) is 15.9. The van der Waals surface area contributed by atoms with Gasteiger partial charge in [-0.1, -0.05) is 30.3 Å². The van der Waals surface area contributed by atoms with Crippen molar-refractivity contribution >= 4 is 28.3 Å². The molecule has 114 valence electrons. The molecule has 2 amide bonds. The molecule has 2 aromatic carbocycles. The molecule has 0 unspecified atom stereocenters. The zero-order valence-corrected chi connectivity index (χ0v) is 12.2. The summed E-state index contributed by atoms with van der Waals surface area (Å²) < 4.78 is 5.42. The lowest BCUT2D eigenvalue weighted by Gasteiger charge is -2.06. The maximum atomic E-state index is 11.6. The minimum Gasteiger partial charge on any atom is -0.484 e. The number of nitrogens with two attached hydrogens (primary N) is 1. The van der Waals surface area contributed by atoms with Gasteiger partial charge in [-0.2, -0.15) is 5.10 Å². The number of hydrogen-bond acceptors (Lipinski definition) is 4. The van der Waals surface area contributed by atoms with E-state index in [1.54, 1.807) is 13.0 Å². The predicted molar refractivity (Wildman–Crippen MR) is 84.5 cm³/mol. The van der Waals surface area contributed by atoms with Crippen LogP contribution in [0.25, 0.3) is 10.8 Å². The van der Waals surface area contributed by atoms with Gasteiger partial charge in [0, 0.05) is 5.71 Å². The van der Waals surface area contributed by atoms with Crippen LogP contribution in [0.1, 0.15) is 13.3 Å². The number of carbonyl (C=O) groups is 2. The summed E-state index contributed by atoms with van der Waals surface area (Å²) in [6, 6.07) is 13.5. The molecule has 0 atom stereocenters. The number of hydrazone groups is 1. The molecule has 0 aliphatic heterocycles. The van der Waals surface area contributed by atoms with Crippen LogP contribution < -0.4 is 15.9 Å². The molecule has 0 aromatic heterocycles. The van der Waals surface area contributed by atoms with Crippen LogP contribution in [-0.2, 0) is 9.59 Å². The number of primary amides is 1. The van der Waals surface area contributed by atoms with Crippen molar-refractivity contribution < 1.29 is 14.3 Å². The summed E-state index contributed by atoms with van der Waals surface area (Å²) in [4.78, 5) is 22.3. The van der Waals surface area contributed by atoms with E-state index in [4.69, 9.17) is 10.5 Å². The summed E-state index contributed by atoms with van der Waals surface area (Å²) in [6.45, 7) is 1.45. The second-order valence-corrected chi connectivity index (χ2v) is 4.82. The fraction of sp³-hybridized carbons (Fsp3) is 0.188. The van der Waals surface area contributed by atoms with Crippen LogP contribution in [0, 0.1) is 0 Å². The van der Waals surface area contributed by atoms with Gasteiger partial charge in [0.1, 0.15) is 5.75 Å². The third-order valence-corrected chi connectivity index (χ3v) is 2.89. The van der Waals surface area contributed by atoms with Gasteiger partial charge in [-0.15, -0.1) is 0 Å². The smallest absolute Gasteiger partial charge is 0.277 e. The molecule has 0 saturated carbocycles. The first-order chi connectivity index (χ1) is 10.5. The largest absolute Gasteiger partial charge is 0.484 e. The van der Waals surface area contributed by atoms with E-state index in [1.807, 2.05) is 36.4 Å². The fourth-order valence-corrected chi connectivity index (χ4v) is 1.89. The molecule has 0 fully saturated rings.